The molecule has 0 aromatic rings. The second-order valence-corrected chi connectivity index (χ2v) is 8.16. The summed E-state index contributed by atoms with van der Waals surface area (Å²) < 4.78 is 0. The van der Waals surface area contributed by atoms with E-state index in [-0.39, 0.29) is 0 Å². The zero-order valence-corrected chi connectivity index (χ0v) is 13.3. The van der Waals surface area contributed by atoms with E-state index in [0.717, 1.165) is 24.9 Å². The topological polar surface area (TPSA) is 32.3 Å². The Morgan fingerprint density at radius 1 is 1.05 bits per heavy atom. The van der Waals surface area contributed by atoms with Gasteiger partial charge in [-0.2, -0.15) is 0 Å². The van der Waals surface area contributed by atoms with Gasteiger partial charge in [0.25, 0.3) is 0 Å². The van der Waals surface area contributed by atoms with E-state index in [4.69, 9.17) is 0 Å². The maximum atomic E-state index is 12.7. The summed E-state index contributed by atoms with van der Waals surface area (Å²) in [6, 6.07) is 0. The number of piperidine rings is 1. The van der Waals surface area contributed by atoms with Crippen LogP contribution < -0.4 is 5.32 Å². The third-order valence-electron chi connectivity index (χ3n) is 6.88. The molecule has 118 valence electrons. The molecule has 2 atom stereocenters. The van der Waals surface area contributed by atoms with E-state index in [0.29, 0.717) is 17.2 Å². The summed E-state index contributed by atoms with van der Waals surface area (Å²) in [6.07, 6.45) is 12.0. The van der Waals surface area contributed by atoms with Crippen molar-refractivity contribution in [2.24, 2.45) is 23.2 Å². The molecule has 0 radical (unpaired) electrons. The van der Waals surface area contributed by atoms with Gasteiger partial charge in [-0.1, -0.05) is 32.1 Å². The number of likely N-dealkylation sites (tertiary alicyclic amines) is 1. The molecule has 4 rings (SSSR count). The van der Waals surface area contributed by atoms with Gasteiger partial charge in [0.1, 0.15) is 0 Å². The highest BCUT2D eigenvalue weighted by molar-refractivity contribution is 5.81. The van der Waals surface area contributed by atoms with E-state index in [1.54, 1.807) is 0 Å². The van der Waals surface area contributed by atoms with Crippen molar-refractivity contribution >= 4 is 5.91 Å². The molecule has 4 aliphatic rings. The Hall–Kier alpha value is -0.570. The van der Waals surface area contributed by atoms with Crippen LogP contribution in [0.2, 0.25) is 0 Å². The lowest BCUT2D eigenvalue weighted by Gasteiger charge is -2.39. The molecule has 2 saturated heterocycles. The lowest BCUT2D eigenvalue weighted by molar-refractivity contribution is -0.135. The lowest BCUT2D eigenvalue weighted by Crippen LogP contribution is -2.44. The van der Waals surface area contributed by atoms with Crippen LogP contribution in [-0.2, 0) is 4.79 Å². The van der Waals surface area contributed by atoms with Crippen molar-refractivity contribution < 1.29 is 4.79 Å². The summed E-state index contributed by atoms with van der Waals surface area (Å²) in [4.78, 5) is 14.9. The van der Waals surface area contributed by atoms with Gasteiger partial charge in [-0.3, -0.25) is 4.79 Å². The van der Waals surface area contributed by atoms with Crippen molar-refractivity contribution in [2.45, 2.75) is 57.8 Å². The molecule has 3 heteroatoms. The highest BCUT2D eigenvalue weighted by atomic mass is 16.2. The third kappa shape index (κ3) is 2.74. The average Bonchev–Trinajstić information content (AvgIpc) is 3.23. The second kappa shape index (κ2) is 5.57. The molecule has 1 spiro atoms. The van der Waals surface area contributed by atoms with Crippen molar-refractivity contribution in [1.29, 1.82) is 0 Å². The smallest absolute Gasteiger partial charge is 0.225 e. The molecule has 3 nitrogen and oxygen atoms in total. The fourth-order valence-corrected chi connectivity index (χ4v) is 5.24. The van der Waals surface area contributed by atoms with E-state index >= 15 is 0 Å². The minimum absolute atomic E-state index is 0.406. The summed E-state index contributed by atoms with van der Waals surface area (Å²) >= 11 is 0. The molecule has 1 amide bonds. The largest absolute Gasteiger partial charge is 0.342 e. The van der Waals surface area contributed by atoms with Crippen LogP contribution in [0.3, 0.4) is 0 Å². The first-order chi connectivity index (χ1) is 10.3. The molecule has 21 heavy (non-hydrogen) atoms. The standard InChI is InChI=1S/C18H30N2O/c21-17(16-12-15(16)14-4-2-1-3-5-14)20-10-7-18(8-11-20)6-9-19-13-18/h14-16,19H,1-13H2. The molecular formula is C18H30N2O. The average molecular weight is 290 g/mol. The van der Waals surface area contributed by atoms with E-state index in [9.17, 15) is 4.79 Å². The van der Waals surface area contributed by atoms with Gasteiger partial charge < -0.3 is 10.2 Å². The molecular weight excluding hydrogens is 260 g/mol. The maximum Gasteiger partial charge on any atom is 0.225 e. The number of nitrogens with zero attached hydrogens (tertiary/aromatic N) is 1. The highest BCUT2D eigenvalue weighted by Crippen LogP contribution is 2.50. The van der Waals surface area contributed by atoms with Gasteiger partial charge >= 0.3 is 0 Å². The first-order valence-corrected chi connectivity index (χ1v) is 9.27. The number of hydrogen-bond acceptors (Lipinski definition) is 2. The number of carbonyl (C=O) groups is 1. The number of nitrogens with one attached hydrogen (secondary N) is 1. The highest BCUT2D eigenvalue weighted by Gasteiger charge is 2.49. The normalized spacial score (nSPS) is 36.1. The fourth-order valence-electron chi connectivity index (χ4n) is 5.24. The van der Waals surface area contributed by atoms with Crippen molar-refractivity contribution in [1.82, 2.24) is 10.2 Å². The van der Waals surface area contributed by atoms with Crippen LogP contribution in [0, 0.1) is 23.2 Å². The van der Waals surface area contributed by atoms with Crippen LogP contribution in [-0.4, -0.2) is 37.0 Å². The molecule has 2 unspecified atom stereocenters. The van der Waals surface area contributed by atoms with Crippen LogP contribution in [0.25, 0.3) is 0 Å². The maximum absolute atomic E-state index is 12.7. The molecule has 4 fully saturated rings. The summed E-state index contributed by atoms with van der Waals surface area (Å²) in [5.41, 5.74) is 0.531. The summed E-state index contributed by atoms with van der Waals surface area (Å²) in [6.45, 7) is 4.41. The van der Waals surface area contributed by atoms with Gasteiger partial charge in [0.15, 0.2) is 0 Å². The summed E-state index contributed by atoms with van der Waals surface area (Å²) in [7, 11) is 0. The first kappa shape index (κ1) is 14.0. The van der Waals surface area contributed by atoms with Crippen LogP contribution in [0.5, 0.6) is 0 Å². The molecule has 2 saturated carbocycles. The number of amides is 1. The third-order valence-corrected chi connectivity index (χ3v) is 6.88. The van der Waals surface area contributed by atoms with E-state index in [2.05, 4.69) is 10.2 Å². The van der Waals surface area contributed by atoms with Crippen molar-refractivity contribution in [3.63, 3.8) is 0 Å². The predicted molar refractivity (Wildman–Crippen MR) is 83.9 cm³/mol. The van der Waals surface area contributed by atoms with Crippen molar-refractivity contribution in [2.75, 3.05) is 26.2 Å². The van der Waals surface area contributed by atoms with Crippen LogP contribution >= 0.6 is 0 Å². The Morgan fingerprint density at radius 2 is 1.81 bits per heavy atom. The van der Waals surface area contributed by atoms with E-state index in [1.165, 1.54) is 70.9 Å². The van der Waals surface area contributed by atoms with Crippen LogP contribution in [0.15, 0.2) is 0 Å². The molecule has 0 aromatic carbocycles. The fraction of sp³-hybridized carbons (Fsp3) is 0.944. The zero-order valence-electron chi connectivity index (χ0n) is 13.3. The van der Waals surface area contributed by atoms with Crippen molar-refractivity contribution in [3.8, 4) is 0 Å². The number of carbonyl (C=O) groups excluding carboxylic acids is 1. The quantitative estimate of drug-likeness (QED) is 0.848. The zero-order chi connectivity index (χ0) is 14.3. The predicted octanol–water partition coefficient (Wildman–Crippen LogP) is 2.80. The lowest BCUT2D eigenvalue weighted by atomic mass is 9.77. The minimum atomic E-state index is 0.406. The van der Waals surface area contributed by atoms with Crippen LogP contribution in [0.1, 0.15) is 57.8 Å². The van der Waals surface area contributed by atoms with Gasteiger partial charge in [-0.15, -0.1) is 0 Å². The van der Waals surface area contributed by atoms with Crippen LogP contribution in [0.4, 0.5) is 0 Å². The Labute approximate surface area is 128 Å². The number of rotatable bonds is 2. The molecule has 2 aliphatic carbocycles. The summed E-state index contributed by atoms with van der Waals surface area (Å²) in [5.74, 6) is 2.54. The Morgan fingerprint density at radius 3 is 2.48 bits per heavy atom. The molecule has 2 aliphatic heterocycles. The monoisotopic (exact) mass is 290 g/mol. The Balaban J connectivity index is 1.29. The van der Waals surface area contributed by atoms with Crippen molar-refractivity contribution in [3.05, 3.63) is 0 Å². The molecule has 0 bridgehead atoms. The molecule has 2 heterocycles. The molecule has 1 N–H and O–H groups in total. The van der Waals surface area contributed by atoms with Gasteiger partial charge in [0.05, 0.1) is 0 Å². The summed E-state index contributed by atoms with van der Waals surface area (Å²) in [5, 5.41) is 3.51. The van der Waals surface area contributed by atoms with Gasteiger partial charge in [0.2, 0.25) is 5.91 Å². The van der Waals surface area contributed by atoms with Gasteiger partial charge in [-0.05, 0) is 49.5 Å². The van der Waals surface area contributed by atoms with Gasteiger partial charge in [-0.25, -0.2) is 0 Å². The second-order valence-electron chi connectivity index (χ2n) is 8.16. The Bertz CT molecular complexity index is 386. The number of hydrogen-bond donors (Lipinski definition) is 1. The SMILES string of the molecule is O=C(C1CC1C1CCCCC1)N1CCC2(CCNC2)CC1. The first-order valence-electron chi connectivity index (χ1n) is 9.27. The van der Waals surface area contributed by atoms with Gasteiger partial charge in [0, 0.05) is 25.6 Å². The van der Waals surface area contributed by atoms with E-state index in [1.807, 2.05) is 0 Å². The van der Waals surface area contributed by atoms with E-state index < -0.39 is 0 Å². The minimum Gasteiger partial charge on any atom is -0.342 e. The Kier molecular flexibility index (Phi) is 3.72. The molecule has 0 aromatic heterocycles.